The molecule has 6 heteroatoms. The van der Waals surface area contributed by atoms with E-state index in [1.165, 1.54) is 0 Å². The minimum Gasteiger partial charge on any atom is -0.355 e. The average molecular weight is 276 g/mol. The zero-order valence-corrected chi connectivity index (χ0v) is 11.9. The van der Waals surface area contributed by atoms with Gasteiger partial charge in [-0.25, -0.2) is 0 Å². The Labute approximate surface area is 117 Å². The summed E-state index contributed by atoms with van der Waals surface area (Å²) in [5.41, 5.74) is 3.16. The van der Waals surface area contributed by atoms with Crippen LogP contribution in [0.15, 0.2) is 0 Å². The number of hydrogen-bond donors (Lipinski definition) is 2. The third kappa shape index (κ3) is 2.19. The van der Waals surface area contributed by atoms with Gasteiger partial charge in [-0.2, -0.15) is 5.10 Å². The Hall–Kier alpha value is -1.85. The van der Waals surface area contributed by atoms with Crippen molar-refractivity contribution in [3.63, 3.8) is 0 Å². The summed E-state index contributed by atoms with van der Waals surface area (Å²) in [6.07, 6.45) is 1.12. The number of likely N-dealkylation sites (tertiary alicyclic amines) is 1. The van der Waals surface area contributed by atoms with Crippen molar-refractivity contribution in [1.29, 1.82) is 0 Å². The molecule has 0 spiro atoms. The summed E-state index contributed by atoms with van der Waals surface area (Å²) < 4.78 is 0. The normalized spacial score (nSPS) is 24.9. The SMILES string of the molecule is Cc1[nH]nc(CCC(=O)N2C[C@@H]3CNC(=O)[C@@H]3C2)c1C. The van der Waals surface area contributed by atoms with Gasteiger partial charge in [0.05, 0.1) is 11.6 Å². The number of aryl methyl sites for hydroxylation is 2. The van der Waals surface area contributed by atoms with Crippen molar-refractivity contribution in [2.75, 3.05) is 19.6 Å². The Morgan fingerprint density at radius 2 is 2.20 bits per heavy atom. The standard InChI is InChI=1S/C14H20N4O2/c1-8-9(2)16-17-12(8)3-4-13(19)18-6-10-5-15-14(20)11(10)7-18/h10-11H,3-7H2,1-2H3,(H,15,20)(H,16,17)/t10-,11+/m0/s1. The number of hydrogen-bond acceptors (Lipinski definition) is 3. The van der Waals surface area contributed by atoms with E-state index < -0.39 is 0 Å². The van der Waals surface area contributed by atoms with Crippen molar-refractivity contribution < 1.29 is 9.59 Å². The van der Waals surface area contributed by atoms with Crippen LogP contribution >= 0.6 is 0 Å². The number of rotatable bonds is 3. The van der Waals surface area contributed by atoms with Gasteiger partial charge in [0.2, 0.25) is 11.8 Å². The van der Waals surface area contributed by atoms with E-state index in [4.69, 9.17) is 0 Å². The third-order valence-corrected chi connectivity index (χ3v) is 4.60. The predicted octanol–water partition coefficient (Wildman–Crippen LogP) is 0.164. The summed E-state index contributed by atoms with van der Waals surface area (Å²) >= 11 is 0. The fourth-order valence-corrected chi connectivity index (χ4v) is 3.10. The van der Waals surface area contributed by atoms with Crippen molar-refractivity contribution in [1.82, 2.24) is 20.4 Å². The van der Waals surface area contributed by atoms with E-state index in [1.807, 2.05) is 18.7 Å². The van der Waals surface area contributed by atoms with E-state index in [-0.39, 0.29) is 17.7 Å². The second kappa shape index (κ2) is 4.92. The first-order valence-corrected chi connectivity index (χ1v) is 7.12. The molecule has 2 saturated heterocycles. The minimum atomic E-state index is 0.00770. The molecule has 0 radical (unpaired) electrons. The fourth-order valence-electron chi connectivity index (χ4n) is 3.10. The number of carbonyl (C=O) groups is 2. The molecule has 3 rings (SSSR count). The first-order chi connectivity index (χ1) is 9.56. The van der Waals surface area contributed by atoms with Gasteiger partial charge in [0.1, 0.15) is 0 Å². The fraction of sp³-hybridized carbons (Fsp3) is 0.643. The molecule has 0 bridgehead atoms. The summed E-state index contributed by atoms with van der Waals surface area (Å²) in [5, 5.41) is 10.0. The molecule has 6 nitrogen and oxygen atoms in total. The van der Waals surface area contributed by atoms with Crippen molar-refractivity contribution in [2.45, 2.75) is 26.7 Å². The number of nitrogens with one attached hydrogen (secondary N) is 2. The van der Waals surface area contributed by atoms with Crippen LogP contribution in [0.1, 0.15) is 23.4 Å². The molecule has 2 N–H and O–H groups in total. The topological polar surface area (TPSA) is 78.1 Å². The maximum atomic E-state index is 12.2. The number of fused-ring (bicyclic) bond motifs is 1. The highest BCUT2D eigenvalue weighted by molar-refractivity contribution is 5.84. The lowest BCUT2D eigenvalue weighted by atomic mass is 10.0. The molecule has 108 valence electrons. The first-order valence-electron chi connectivity index (χ1n) is 7.12. The largest absolute Gasteiger partial charge is 0.355 e. The van der Waals surface area contributed by atoms with Crippen LogP contribution in [0.2, 0.25) is 0 Å². The molecule has 2 atom stereocenters. The van der Waals surface area contributed by atoms with Gasteiger partial charge < -0.3 is 10.2 Å². The van der Waals surface area contributed by atoms with Crippen LogP contribution in [-0.4, -0.2) is 46.5 Å². The van der Waals surface area contributed by atoms with Crippen molar-refractivity contribution in [3.8, 4) is 0 Å². The smallest absolute Gasteiger partial charge is 0.225 e. The highest BCUT2D eigenvalue weighted by atomic mass is 16.2. The van der Waals surface area contributed by atoms with Gasteiger partial charge in [-0.05, 0) is 19.4 Å². The molecule has 1 aromatic rings. The molecule has 0 aromatic carbocycles. The summed E-state index contributed by atoms with van der Waals surface area (Å²) in [5.74, 6) is 0.547. The van der Waals surface area contributed by atoms with E-state index in [0.29, 0.717) is 38.4 Å². The van der Waals surface area contributed by atoms with Gasteiger partial charge >= 0.3 is 0 Å². The lowest BCUT2D eigenvalue weighted by Gasteiger charge is -2.17. The number of H-pyrrole nitrogens is 1. The minimum absolute atomic E-state index is 0.00770. The van der Waals surface area contributed by atoms with Crippen LogP contribution in [-0.2, 0) is 16.0 Å². The first kappa shape index (κ1) is 13.1. The molecule has 2 aliphatic rings. The Bertz CT molecular complexity index is 551. The highest BCUT2D eigenvalue weighted by Gasteiger charge is 2.43. The van der Waals surface area contributed by atoms with Crippen LogP contribution in [0.3, 0.4) is 0 Å². The van der Waals surface area contributed by atoms with Crippen molar-refractivity contribution in [2.24, 2.45) is 11.8 Å². The van der Waals surface area contributed by atoms with Gasteiger partial charge in [0.15, 0.2) is 0 Å². The summed E-state index contributed by atoms with van der Waals surface area (Å²) in [6, 6.07) is 0. The Morgan fingerprint density at radius 1 is 1.40 bits per heavy atom. The van der Waals surface area contributed by atoms with E-state index in [2.05, 4.69) is 15.5 Å². The molecular weight excluding hydrogens is 256 g/mol. The van der Waals surface area contributed by atoms with E-state index in [9.17, 15) is 9.59 Å². The van der Waals surface area contributed by atoms with E-state index >= 15 is 0 Å². The van der Waals surface area contributed by atoms with Gasteiger partial charge in [-0.3, -0.25) is 14.7 Å². The molecule has 2 amide bonds. The third-order valence-electron chi connectivity index (χ3n) is 4.60. The number of aromatic amines is 1. The van der Waals surface area contributed by atoms with Crippen LogP contribution in [0, 0.1) is 25.7 Å². The number of amides is 2. The molecular formula is C14H20N4O2. The highest BCUT2D eigenvalue weighted by Crippen LogP contribution is 2.27. The van der Waals surface area contributed by atoms with Crippen LogP contribution in [0.5, 0.6) is 0 Å². The van der Waals surface area contributed by atoms with E-state index in [1.54, 1.807) is 0 Å². The van der Waals surface area contributed by atoms with Crippen molar-refractivity contribution in [3.05, 3.63) is 17.0 Å². The van der Waals surface area contributed by atoms with Crippen LogP contribution in [0.4, 0.5) is 0 Å². The number of carbonyl (C=O) groups excluding carboxylic acids is 2. The zero-order chi connectivity index (χ0) is 14.3. The summed E-state index contributed by atoms with van der Waals surface area (Å²) in [4.78, 5) is 25.7. The van der Waals surface area contributed by atoms with E-state index in [0.717, 1.165) is 17.0 Å². The van der Waals surface area contributed by atoms with Crippen molar-refractivity contribution >= 4 is 11.8 Å². The second-order valence-corrected chi connectivity index (χ2v) is 5.83. The Balaban J connectivity index is 1.56. The molecule has 1 aromatic heterocycles. The number of nitrogens with zero attached hydrogens (tertiary/aromatic N) is 2. The molecule has 2 aliphatic heterocycles. The molecule has 2 fully saturated rings. The molecule has 20 heavy (non-hydrogen) atoms. The molecule has 3 heterocycles. The quantitative estimate of drug-likeness (QED) is 0.825. The number of aromatic nitrogens is 2. The summed E-state index contributed by atoms with van der Waals surface area (Å²) in [7, 11) is 0. The maximum absolute atomic E-state index is 12.2. The second-order valence-electron chi connectivity index (χ2n) is 5.83. The zero-order valence-electron chi connectivity index (χ0n) is 11.9. The van der Waals surface area contributed by atoms with Crippen LogP contribution < -0.4 is 5.32 Å². The predicted molar refractivity (Wildman–Crippen MR) is 73.0 cm³/mol. The Kier molecular flexibility index (Phi) is 3.23. The van der Waals surface area contributed by atoms with Gasteiger partial charge in [0.25, 0.3) is 0 Å². The summed E-state index contributed by atoms with van der Waals surface area (Å²) in [6.45, 7) is 6.00. The Morgan fingerprint density at radius 3 is 2.85 bits per heavy atom. The van der Waals surface area contributed by atoms with Gasteiger partial charge in [-0.15, -0.1) is 0 Å². The monoisotopic (exact) mass is 276 g/mol. The molecule has 0 aliphatic carbocycles. The van der Waals surface area contributed by atoms with Gasteiger partial charge in [-0.1, -0.05) is 0 Å². The van der Waals surface area contributed by atoms with Crippen LogP contribution in [0.25, 0.3) is 0 Å². The lowest BCUT2D eigenvalue weighted by Crippen LogP contribution is -2.33. The molecule has 0 unspecified atom stereocenters. The maximum Gasteiger partial charge on any atom is 0.225 e. The average Bonchev–Trinajstić information content (AvgIpc) is 3.08. The lowest BCUT2D eigenvalue weighted by molar-refractivity contribution is -0.130. The molecule has 0 saturated carbocycles. The van der Waals surface area contributed by atoms with Gasteiger partial charge in [0, 0.05) is 44.1 Å².